The molecule has 1 aliphatic rings. The summed E-state index contributed by atoms with van der Waals surface area (Å²) < 4.78 is 7.92. The van der Waals surface area contributed by atoms with Gasteiger partial charge in [0.15, 0.2) is 6.29 Å². The van der Waals surface area contributed by atoms with Gasteiger partial charge in [0, 0.05) is 6.04 Å². The molecule has 0 amide bonds. The first-order chi connectivity index (χ1) is 9.28. The highest BCUT2D eigenvalue weighted by molar-refractivity contribution is 5.79. The Hall–Kier alpha value is -2.10. The molecule has 19 heavy (non-hydrogen) atoms. The third-order valence-corrected chi connectivity index (χ3v) is 3.35. The Labute approximate surface area is 112 Å². The highest BCUT2D eigenvalue weighted by Crippen LogP contribution is 2.35. The van der Waals surface area contributed by atoms with Crippen LogP contribution in [0.1, 0.15) is 40.5 Å². The summed E-state index contributed by atoms with van der Waals surface area (Å²) in [6, 6.07) is 6.21. The minimum absolute atomic E-state index is 0.445. The van der Waals surface area contributed by atoms with Gasteiger partial charge in [-0.05, 0) is 31.9 Å². The molecule has 3 rings (SSSR count). The highest BCUT2D eigenvalue weighted by Gasteiger charge is 2.25. The number of nitrogens with zero attached hydrogens (tertiary/aromatic N) is 2. The van der Waals surface area contributed by atoms with Crippen LogP contribution in [0.15, 0.2) is 30.7 Å². The first kappa shape index (κ1) is 12.0. The molecule has 1 fully saturated rings. The topological polar surface area (TPSA) is 44.1 Å². The molecular formula is C15H16N2O2. The standard InChI is InChI=1S/C15H16N2O2/c1-11-2-5-15(12(6-11)8-18)19-9-14-7-16-10-17(14)13-3-4-13/h2,5-8,10,13H,3-4,9H2,1H3. The second-order valence-corrected chi connectivity index (χ2v) is 4.97. The van der Waals surface area contributed by atoms with Crippen LogP contribution in [0.25, 0.3) is 0 Å². The third kappa shape index (κ3) is 2.52. The van der Waals surface area contributed by atoms with Gasteiger partial charge < -0.3 is 9.30 Å². The Morgan fingerprint density at radius 3 is 3.05 bits per heavy atom. The average Bonchev–Trinajstić information content (AvgIpc) is 3.16. The van der Waals surface area contributed by atoms with E-state index in [-0.39, 0.29) is 0 Å². The monoisotopic (exact) mass is 256 g/mol. The van der Waals surface area contributed by atoms with Crippen molar-refractivity contribution in [3.05, 3.63) is 47.5 Å². The average molecular weight is 256 g/mol. The minimum atomic E-state index is 0.445. The van der Waals surface area contributed by atoms with Crippen LogP contribution in [0, 0.1) is 6.92 Å². The number of hydrogen-bond acceptors (Lipinski definition) is 3. The molecule has 1 heterocycles. The Morgan fingerprint density at radius 1 is 1.47 bits per heavy atom. The number of aldehydes is 1. The largest absolute Gasteiger partial charge is 0.487 e. The zero-order valence-corrected chi connectivity index (χ0v) is 10.9. The maximum absolute atomic E-state index is 11.0. The molecule has 0 aliphatic heterocycles. The van der Waals surface area contributed by atoms with Crippen molar-refractivity contribution >= 4 is 6.29 Å². The fraction of sp³-hybridized carbons (Fsp3) is 0.333. The van der Waals surface area contributed by atoms with Crippen molar-refractivity contribution in [2.45, 2.75) is 32.4 Å². The summed E-state index contributed by atoms with van der Waals surface area (Å²) in [5.74, 6) is 0.629. The van der Waals surface area contributed by atoms with Crippen molar-refractivity contribution in [3.63, 3.8) is 0 Å². The summed E-state index contributed by atoms with van der Waals surface area (Å²) in [6.45, 7) is 2.40. The lowest BCUT2D eigenvalue weighted by atomic mass is 10.1. The smallest absolute Gasteiger partial charge is 0.153 e. The summed E-state index contributed by atoms with van der Waals surface area (Å²) in [6.07, 6.45) is 6.95. The molecule has 0 spiro atoms. The first-order valence-corrected chi connectivity index (χ1v) is 6.47. The number of ether oxygens (including phenoxy) is 1. The number of aryl methyl sites for hydroxylation is 1. The molecule has 1 aromatic carbocycles. The van der Waals surface area contributed by atoms with Crippen LogP contribution in [0.2, 0.25) is 0 Å². The predicted octanol–water partition coefficient (Wildman–Crippen LogP) is 2.92. The van der Waals surface area contributed by atoms with Crippen molar-refractivity contribution in [2.75, 3.05) is 0 Å². The molecule has 0 N–H and O–H groups in total. The van der Waals surface area contributed by atoms with E-state index in [2.05, 4.69) is 9.55 Å². The Morgan fingerprint density at radius 2 is 2.32 bits per heavy atom. The van der Waals surface area contributed by atoms with Crippen LogP contribution in [-0.2, 0) is 6.61 Å². The number of rotatable bonds is 5. The van der Waals surface area contributed by atoms with E-state index in [0.29, 0.717) is 24.0 Å². The first-order valence-electron chi connectivity index (χ1n) is 6.47. The lowest BCUT2D eigenvalue weighted by Gasteiger charge is -2.10. The van der Waals surface area contributed by atoms with Gasteiger partial charge in [0.25, 0.3) is 0 Å². The van der Waals surface area contributed by atoms with Gasteiger partial charge in [0.1, 0.15) is 12.4 Å². The minimum Gasteiger partial charge on any atom is -0.487 e. The normalized spacial score (nSPS) is 14.4. The second-order valence-electron chi connectivity index (χ2n) is 4.97. The van der Waals surface area contributed by atoms with Gasteiger partial charge in [0.05, 0.1) is 23.8 Å². The summed E-state index contributed by atoms with van der Waals surface area (Å²) >= 11 is 0. The van der Waals surface area contributed by atoms with Crippen LogP contribution in [0.4, 0.5) is 0 Å². The molecule has 0 unspecified atom stereocenters. The molecule has 0 atom stereocenters. The van der Waals surface area contributed by atoms with Gasteiger partial charge in [-0.15, -0.1) is 0 Å². The lowest BCUT2D eigenvalue weighted by Crippen LogP contribution is -2.04. The quantitative estimate of drug-likeness (QED) is 0.772. The molecule has 0 saturated heterocycles. The Balaban J connectivity index is 1.75. The molecule has 0 radical (unpaired) electrons. The highest BCUT2D eigenvalue weighted by atomic mass is 16.5. The molecule has 2 aromatic rings. The van der Waals surface area contributed by atoms with Gasteiger partial charge in [-0.1, -0.05) is 11.6 Å². The summed E-state index contributed by atoms with van der Waals surface area (Å²) in [7, 11) is 0. The van der Waals surface area contributed by atoms with E-state index in [1.807, 2.05) is 37.6 Å². The van der Waals surface area contributed by atoms with Gasteiger partial charge >= 0.3 is 0 Å². The second kappa shape index (κ2) is 4.88. The molecule has 1 aliphatic carbocycles. The van der Waals surface area contributed by atoms with Crippen molar-refractivity contribution in [3.8, 4) is 5.75 Å². The maximum Gasteiger partial charge on any atom is 0.153 e. The van der Waals surface area contributed by atoms with Crippen molar-refractivity contribution in [2.24, 2.45) is 0 Å². The molecule has 4 nitrogen and oxygen atoms in total. The van der Waals surface area contributed by atoms with E-state index in [1.54, 1.807) is 0 Å². The summed E-state index contributed by atoms with van der Waals surface area (Å²) in [4.78, 5) is 15.2. The van der Waals surface area contributed by atoms with Crippen molar-refractivity contribution < 1.29 is 9.53 Å². The van der Waals surface area contributed by atoms with E-state index in [9.17, 15) is 4.79 Å². The Bertz CT molecular complexity index is 600. The number of hydrogen-bond donors (Lipinski definition) is 0. The van der Waals surface area contributed by atoms with Gasteiger partial charge in [-0.3, -0.25) is 4.79 Å². The fourth-order valence-corrected chi connectivity index (χ4v) is 2.17. The predicted molar refractivity (Wildman–Crippen MR) is 71.4 cm³/mol. The van der Waals surface area contributed by atoms with Crippen LogP contribution in [-0.4, -0.2) is 15.8 Å². The fourth-order valence-electron chi connectivity index (χ4n) is 2.17. The third-order valence-electron chi connectivity index (χ3n) is 3.35. The number of aromatic nitrogens is 2. The molecular weight excluding hydrogens is 240 g/mol. The zero-order valence-electron chi connectivity index (χ0n) is 10.9. The molecule has 98 valence electrons. The van der Waals surface area contributed by atoms with Crippen molar-refractivity contribution in [1.29, 1.82) is 0 Å². The van der Waals surface area contributed by atoms with Crippen LogP contribution < -0.4 is 4.74 Å². The SMILES string of the molecule is Cc1ccc(OCc2cncn2C2CC2)c(C=O)c1. The van der Waals surface area contributed by atoms with Crippen LogP contribution >= 0.6 is 0 Å². The maximum atomic E-state index is 11.0. The zero-order chi connectivity index (χ0) is 13.2. The van der Waals surface area contributed by atoms with E-state index < -0.39 is 0 Å². The summed E-state index contributed by atoms with van der Waals surface area (Å²) in [5, 5.41) is 0. The van der Waals surface area contributed by atoms with E-state index in [0.717, 1.165) is 17.5 Å². The van der Waals surface area contributed by atoms with Gasteiger partial charge in [-0.25, -0.2) is 4.98 Å². The van der Waals surface area contributed by atoms with Crippen molar-refractivity contribution in [1.82, 2.24) is 9.55 Å². The summed E-state index contributed by atoms with van der Waals surface area (Å²) in [5.41, 5.74) is 2.70. The molecule has 1 aromatic heterocycles. The molecule has 4 heteroatoms. The Kier molecular flexibility index (Phi) is 3.07. The van der Waals surface area contributed by atoms with Crippen LogP contribution in [0.5, 0.6) is 5.75 Å². The van der Waals surface area contributed by atoms with Gasteiger partial charge in [0.2, 0.25) is 0 Å². The van der Waals surface area contributed by atoms with E-state index in [4.69, 9.17) is 4.74 Å². The number of imidazole rings is 1. The van der Waals surface area contributed by atoms with E-state index in [1.165, 1.54) is 12.8 Å². The lowest BCUT2D eigenvalue weighted by molar-refractivity contribution is 0.111. The number of carbonyl (C=O) groups excluding carboxylic acids is 1. The van der Waals surface area contributed by atoms with Gasteiger partial charge in [-0.2, -0.15) is 0 Å². The molecule has 1 saturated carbocycles. The molecule has 0 bridgehead atoms. The van der Waals surface area contributed by atoms with Crippen LogP contribution in [0.3, 0.4) is 0 Å². The van der Waals surface area contributed by atoms with E-state index >= 15 is 0 Å². The number of carbonyl (C=O) groups is 1. The number of benzene rings is 1.